The summed E-state index contributed by atoms with van der Waals surface area (Å²) >= 11 is 0. The number of nitrogens with one attached hydrogen (secondary N) is 2. The van der Waals surface area contributed by atoms with Crippen molar-refractivity contribution in [3.05, 3.63) is 18.5 Å². The average molecular weight is 285 g/mol. The highest BCUT2D eigenvalue weighted by Crippen LogP contribution is 2.21. The minimum atomic E-state index is -3.51. The Bertz CT molecular complexity index is 507. The summed E-state index contributed by atoms with van der Waals surface area (Å²) in [5, 5.41) is 3.03. The maximum atomic E-state index is 12.2. The second kappa shape index (κ2) is 6.34. The molecule has 0 spiro atoms. The molecule has 0 bridgehead atoms. The summed E-state index contributed by atoms with van der Waals surface area (Å²) in [7, 11) is -3.51. The molecule has 0 aliphatic carbocycles. The highest BCUT2D eigenvalue weighted by atomic mass is 32.2. The van der Waals surface area contributed by atoms with Crippen LogP contribution >= 0.6 is 0 Å². The lowest BCUT2D eigenvalue weighted by molar-refractivity contribution is 0.378. The number of hydrogen-bond acceptors (Lipinski definition) is 4. The van der Waals surface area contributed by atoms with Crippen molar-refractivity contribution < 1.29 is 8.42 Å². The summed E-state index contributed by atoms with van der Waals surface area (Å²) < 4.78 is 27.1. The Morgan fingerprint density at radius 1 is 1.32 bits per heavy atom. The van der Waals surface area contributed by atoms with Gasteiger partial charge in [0.1, 0.15) is 4.90 Å². The van der Waals surface area contributed by atoms with Crippen molar-refractivity contribution >= 4 is 15.7 Å². The molecule has 108 valence electrons. The molecule has 1 aromatic heterocycles. The van der Waals surface area contributed by atoms with E-state index in [0.717, 1.165) is 6.42 Å². The molecule has 0 fully saturated rings. The molecular formula is C13H23N3O2S. The summed E-state index contributed by atoms with van der Waals surface area (Å²) in [6, 6.07) is 1.67. The lowest BCUT2D eigenvalue weighted by Gasteiger charge is -2.18. The third-order valence-corrected chi connectivity index (χ3v) is 4.10. The quantitative estimate of drug-likeness (QED) is 0.841. The van der Waals surface area contributed by atoms with Gasteiger partial charge in [-0.3, -0.25) is 4.98 Å². The molecule has 1 heterocycles. The predicted molar refractivity (Wildman–Crippen MR) is 77.7 cm³/mol. The number of aromatic nitrogens is 1. The number of nitrogens with zero attached hydrogens (tertiary/aromatic N) is 1. The van der Waals surface area contributed by atoms with Crippen LogP contribution in [-0.4, -0.2) is 26.5 Å². The van der Waals surface area contributed by atoms with Gasteiger partial charge in [0.2, 0.25) is 10.0 Å². The van der Waals surface area contributed by atoms with Gasteiger partial charge in [-0.1, -0.05) is 20.8 Å². The summed E-state index contributed by atoms with van der Waals surface area (Å²) in [6.07, 6.45) is 3.73. The molecule has 0 unspecified atom stereocenters. The average Bonchev–Trinajstić information content (AvgIpc) is 2.28. The van der Waals surface area contributed by atoms with Crippen LogP contribution in [0.25, 0.3) is 0 Å². The third-order valence-electron chi connectivity index (χ3n) is 2.61. The maximum Gasteiger partial charge on any atom is 0.244 e. The highest BCUT2D eigenvalue weighted by molar-refractivity contribution is 7.89. The number of rotatable bonds is 6. The predicted octanol–water partition coefficient (Wildman–Crippen LogP) is 2.23. The fourth-order valence-electron chi connectivity index (χ4n) is 1.57. The molecular weight excluding hydrogens is 262 g/mol. The number of sulfonamides is 1. The highest BCUT2D eigenvalue weighted by Gasteiger charge is 2.19. The number of hydrogen-bond donors (Lipinski definition) is 2. The first-order chi connectivity index (χ1) is 8.76. The topological polar surface area (TPSA) is 71.1 Å². The van der Waals surface area contributed by atoms with Crippen LogP contribution in [0.2, 0.25) is 0 Å². The molecule has 0 radical (unpaired) electrons. The van der Waals surface area contributed by atoms with E-state index in [0.29, 0.717) is 18.8 Å². The minimum Gasteiger partial charge on any atom is -0.384 e. The molecule has 1 aromatic rings. The van der Waals surface area contributed by atoms with Crippen molar-refractivity contribution in [1.82, 2.24) is 9.71 Å². The van der Waals surface area contributed by atoms with Crippen LogP contribution < -0.4 is 10.0 Å². The Balaban J connectivity index is 2.83. The number of anilines is 1. The SMILES string of the molecule is CCNc1ccncc1S(=O)(=O)NCCC(C)(C)C. The minimum absolute atomic E-state index is 0.0992. The van der Waals surface area contributed by atoms with Gasteiger partial charge >= 0.3 is 0 Å². The molecule has 0 saturated heterocycles. The van der Waals surface area contributed by atoms with E-state index in [-0.39, 0.29) is 10.3 Å². The van der Waals surface area contributed by atoms with Crippen LogP contribution in [-0.2, 0) is 10.0 Å². The van der Waals surface area contributed by atoms with E-state index in [1.54, 1.807) is 12.3 Å². The van der Waals surface area contributed by atoms with Crippen LogP contribution in [0.5, 0.6) is 0 Å². The molecule has 0 atom stereocenters. The van der Waals surface area contributed by atoms with Crippen LogP contribution in [0.3, 0.4) is 0 Å². The van der Waals surface area contributed by atoms with Crippen molar-refractivity contribution in [2.45, 2.75) is 39.0 Å². The normalized spacial score (nSPS) is 12.4. The van der Waals surface area contributed by atoms with Gasteiger partial charge in [-0.15, -0.1) is 0 Å². The van der Waals surface area contributed by atoms with Crippen molar-refractivity contribution in [2.24, 2.45) is 5.41 Å². The first-order valence-electron chi connectivity index (χ1n) is 6.44. The molecule has 5 nitrogen and oxygen atoms in total. The second-order valence-corrected chi connectivity index (χ2v) is 7.35. The lowest BCUT2D eigenvalue weighted by Crippen LogP contribution is -2.28. The van der Waals surface area contributed by atoms with E-state index >= 15 is 0 Å². The molecule has 19 heavy (non-hydrogen) atoms. The fraction of sp³-hybridized carbons (Fsp3) is 0.615. The Kier molecular flexibility index (Phi) is 5.31. The second-order valence-electron chi connectivity index (χ2n) is 5.61. The van der Waals surface area contributed by atoms with Crippen LogP contribution in [0.15, 0.2) is 23.4 Å². The molecule has 0 amide bonds. The monoisotopic (exact) mass is 285 g/mol. The van der Waals surface area contributed by atoms with Gasteiger partial charge in [0, 0.05) is 25.5 Å². The standard InChI is InChI=1S/C13H23N3O2S/c1-5-15-11-6-8-14-10-12(11)19(17,18)16-9-7-13(2,3)4/h6,8,10,16H,5,7,9H2,1-4H3,(H,14,15). The van der Waals surface area contributed by atoms with E-state index in [1.807, 2.05) is 6.92 Å². The van der Waals surface area contributed by atoms with Gasteiger partial charge in [-0.25, -0.2) is 13.1 Å². The van der Waals surface area contributed by atoms with E-state index in [1.165, 1.54) is 6.20 Å². The zero-order chi connectivity index (χ0) is 14.5. The Labute approximate surface area is 115 Å². The van der Waals surface area contributed by atoms with Gasteiger partial charge in [-0.2, -0.15) is 0 Å². The largest absolute Gasteiger partial charge is 0.384 e. The van der Waals surface area contributed by atoms with Gasteiger partial charge in [0.05, 0.1) is 5.69 Å². The molecule has 0 aliphatic rings. The van der Waals surface area contributed by atoms with Gasteiger partial charge in [0.15, 0.2) is 0 Å². The third kappa shape index (κ3) is 5.16. The summed E-state index contributed by atoms with van der Waals surface area (Å²) in [5.74, 6) is 0. The van der Waals surface area contributed by atoms with Crippen LogP contribution in [0.4, 0.5) is 5.69 Å². The number of pyridine rings is 1. The van der Waals surface area contributed by atoms with Crippen molar-refractivity contribution in [1.29, 1.82) is 0 Å². The van der Waals surface area contributed by atoms with Crippen LogP contribution in [0, 0.1) is 5.41 Å². The van der Waals surface area contributed by atoms with E-state index in [9.17, 15) is 8.42 Å². The van der Waals surface area contributed by atoms with Crippen molar-refractivity contribution in [2.75, 3.05) is 18.4 Å². The van der Waals surface area contributed by atoms with Gasteiger partial charge < -0.3 is 5.32 Å². The first-order valence-corrected chi connectivity index (χ1v) is 7.92. The first kappa shape index (κ1) is 15.9. The van der Waals surface area contributed by atoms with Gasteiger partial charge in [-0.05, 0) is 24.8 Å². The van der Waals surface area contributed by atoms with Crippen LogP contribution in [0.1, 0.15) is 34.1 Å². The smallest absolute Gasteiger partial charge is 0.244 e. The molecule has 2 N–H and O–H groups in total. The molecule has 0 aromatic carbocycles. The Morgan fingerprint density at radius 2 is 2.00 bits per heavy atom. The molecule has 0 saturated carbocycles. The fourth-order valence-corrected chi connectivity index (χ4v) is 2.72. The Hall–Kier alpha value is -1.14. The van der Waals surface area contributed by atoms with Crippen molar-refractivity contribution in [3.63, 3.8) is 0 Å². The molecule has 1 rings (SSSR count). The molecule has 0 aliphatic heterocycles. The zero-order valence-corrected chi connectivity index (χ0v) is 12.8. The maximum absolute atomic E-state index is 12.2. The Morgan fingerprint density at radius 3 is 2.58 bits per heavy atom. The summed E-state index contributed by atoms with van der Waals surface area (Å²) in [5.41, 5.74) is 0.683. The van der Waals surface area contributed by atoms with Gasteiger partial charge in [0.25, 0.3) is 0 Å². The van der Waals surface area contributed by atoms with E-state index < -0.39 is 10.0 Å². The summed E-state index contributed by atoms with van der Waals surface area (Å²) in [4.78, 5) is 4.09. The van der Waals surface area contributed by atoms with E-state index in [4.69, 9.17) is 0 Å². The van der Waals surface area contributed by atoms with Crippen molar-refractivity contribution in [3.8, 4) is 0 Å². The lowest BCUT2D eigenvalue weighted by atomic mass is 9.93. The van der Waals surface area contributed by atoms with E-state index in [2.05, 4.69) is 35.8 Å². The zero-order valence-electron chi connectivity index (χ0n) is 12.0. The summed E-state index contributed by atoms with van der Waals surface area (Å²) in [6.45, 7) is 9.24. The molecule has 6 heteroatoms.